The molecule has 0 radical (unpaired) electrons. The van der Waals surface area contributed by atoms with Gasteiger partial charge in [-0.2, -0.15) is 5.10 Å². The van der Waals surface area contributed by atoms with E-state index in [0.717, 1.165) is 36.4 Å². The summed E-state index contributed by atoms with van der Waals surface area (Å²) in [6, 6.07) is 3.98. The number of aromatic nitrogens is 2. The predicted octanol–water partition coefficient (Wildman–Crippen LogP) is 3.32. The van der Waals surface area contributed by atoms with Gasteiger partial charge in [-0.1, -0.05) is 11.6 Å². The van der Waals surface area contributed by atoms with Crippen molar-refractivity contribution in [3.05, 3.63) is 39.3 Å². The minimum atomic E-state index is 0. The zero-order valence-electron chi connectivity index (χ0n) is 13.2. The van der Waals surface area contributed by atoms with E-state index in [4.69, 9.17) is 11.6 Å². The van der Waals surface area contributed by atoms with Crippen molar-refractivity contribution in [1.82, 2.24) is 20.0 Å². The van der Waals surface area contributed by atoms with Crippen LogP contribution in [0.5, 0.6) is 0 Å². The van der Waals surface area contributed by atoms with E-state index in [2.05, 4.69) is 32.6 Å². The highest BCUT2D eigenvalue weighted by atomic mass is 127. The number of rotatable bonds is 3. The van der Waals surface area contributed by atoms with Crippen LogP contribution in [0.1, 0.15) is 22.8 Å². The number of hydrogen-bond acceptors (Lipinski definition) is 3. The van der Waals surface area contributed by atoms with Crippen LogP contribution in [0.3, 0.4) is 0 Å². The summed E-state index contributed by atoms with van der Waals surface area (Å²) in [6.07, 6.45) is 5.22. The van der Waals surface area contributed by atoms with Gasteiger partial charge in [-0.3, -0.25) is 9.67 Å². The molecule has 1 saturated heterocycles. The van der Waals surface area contributed by atoms with Gasteiger partial charge in [-0.15, -0.1) is 35.3 Å². The quantitative estimate of drug-likeness (QED) is 0.430. The Morgan fingerprint density at radius 1 is 1.52 bits per heavy atom. The largest absolute Gasteiger partial charge is 0.351 e. The Bertz CT molecular complexity index is 668. The Labute approximate surface area is 162 Å². The Morgan fingerprint density at radius 3 is 2.96 bits per heavy atom. The number of aliphatic imine (C=N–C) groups is 1. The van der Waals surface area contributed by atoms with Gasteiger partial charge in [0.1, 0.15) is 0 Å². The monoisotopic (exact) mass is 465 g/mol. The summed E-state index contributed by atoms with van der Waals surface area (Å²) in [6.45, 7) is 2.76. The van der Waals surface area contributed by atoms with Gasteiger partial charge in [0, 0.05) is 44.2 Å². The molecule has 8 heteroatoms. The zero-order valence-corrected chi connectivity index (χ0v) is 17.1. The molecule has 3 heterocycles. The van der Waals surface area contributed by atoms with Gasteiger partial charge in [0.05, 0.1) is 17.1 Å². The second-order valence-electron chi connectivity index (χ2n) is 5.49. The van der Waals surface area contributed by atoms with Crippen LogP contribution in [-0.4, -0.2) is 40.8 Å². The number of thiophene rings is 1. The fourth-order valence-corrected chi connectivity index (χ4v) is 3.85. The maximum Gasteiger partial charge on any atom is 0.193 e. The number of likely N-dealkylation sites (tertiary alicyclic amines) is 1. The normalized spacial score (nSPS) is 18.1. The smallest absolute Gasteiger partial charge is 0.193 e. The zero-order chi connectivity index (χ0) is 15.5. The molecular weight excluding hydrogens is 445 g/mol. The highest BCUT2D eigenvalue weighted by Gasteiger charge is 2.26. The van der Waals surface area contributed by atoms with Gasteiger partial charge in [0.15, 0.2) is 5.96 Å². The lowest BCUT2D eigenvalue weighted by molar-refractivity contribution is 0.486. The van der Waals surface area contributed by atoms with Crippen molar-refractivity contribution < 1.29 is 0 Å². The van der Waals surface area contributed by atoms with Crippen LogP contribution in [-0.2, 0) is 13.6 Å². The summed E-state index contributed by atoms with van der Waals surface area (Å²) in [5, 5.41) is 7.70. The van der Waals surface area contributed by atoms with E-state index in [9.17, 15) is 0 Å². The number of aryl methyl sites for hydroxylation is 1. The number of hydrogen-bond donors (Lipinski definition) is 1. The third kappa shape index (κ3) is 4.60. The first kappa shape index (κ1) is 18.5. The molecule has 1 N–H and O–H groups in total. The third-order valence-corrected chi connectivity index (χ3v) is 5.18. The first-order chi connectivity index (χ1) is 10.7. The highest BCUT2D eigenvalue weighted by Crippen LogP contribution is 2.27. The maximum atomic E-state index is 5.97. The molecule has 1 fully saturated rings. The van der Waals surface area contributed by atoms with Crippen LogP contribution in [0.2, 0.25) is 4.34 Å². The van der Waals surface area contributed by atoms with E-state index >= 15 is 0 Å². The first-order valence-electron chi connectivity index (χ1n) is 7.34. The first-order valence-corrected chi connectivity index (χ1v) is 8.53. The number of nitrogens with one attached hydrogen (secondary N) is 1. The molecule has 23 heavy (non-hydrogen) atoms. The molecule has 1 aliphatic heterocycles. The average Bonchev–Trinajstić information content (AvgIpc) is 3.21. The lowest BCUT2D eigenvalue weighted by atomic mass is 10.0. The molecule has 1 aliphatic rings. The lowest BCUT2D eigenvalue weighted by Crippen LogP contribution is -2.39. The summed E-state index contributed by atoms with van der Waals surface area (Å²) < 4.78 is 2.69. The summed E-state index contributed by atoms with van der Waals surface area (Å²) in [7, 11) is 3.80. The Morgan fingerprint density at radius 2 is 2.35 bits per heavy atom. The van der Waals surface area contributed by atoms with Gasteiger partial charge < -0.3 is 10.2 Å². The minimum absolute atomic E-state index is 0. The van der Waals surface area contributed by atoms with Crippen molar-refractivity contribution >= 4 is 52.9 Å². The van der Waals surface area contributed by atoms with Crippen molar-refractivity contribution in [2.24, 2.45) is 12.0 Å². The summed E-state index contributed by atoms with van der Waals surface area (Å²) in [4.78, 5) is 7.94. The maximum absolute atomic E-state index is 5.97. The molecule has 1 atom stereocenters. The fourth-order valence-electron chi connectivity index (χ4n) is 2.82. The van der Waals surface area contributed by atoms with Gasteiger partial charge >= 0.3 is 0 Å². The Balaban J connectivity index is 0.00000192. The van der Waals surface area contributed by atoms with Crippen molar-refractivity contribution in [3.63, 3.8) is 0 Å². The van der Waals surface area contributed by atoms with Crippen LogP contribution >= 0.6 is 46.9 Å². The fraction of sp³-hybridized carbons (Fsp3) is 0.467. The minimum Gasteiger partial charge on any atom is -0.351 e. The van der Waals surface area contributed by atoms with E-state index in [1.54, 1.807) is 11.3 Å². The van der Waals surface area contributed by atoms with Gasteiger partial charge in [-0.25, -0.2) is 0 Å². The van der Waals surface area contributed by atoms with Crippen molar-refractivity contribution in [1.29, 1.82) is 0 Å². The number of guanidine groups is 1. The Kier molecular flexibility index (Phi) is 6.72. The van der Waals surface area contributed by atoms with Crippen LogP contribution < -0.4 is 5.32 Å². The van der Waals surface area contributed by atoms with Gasteiger partial charge in [-0.05, 0) is 24.1 Å². The van der Waals surface area contributed by atoms with E-state index in [-0.39, 0.29) is 24.0 Å². The standard InChI is InChI=1S/C15H20ClN5S.HI/c1-17-15(18-8-13-3-4-14(16)22-13)21-6-5-11(10-21)12-7-19-20(2)9-12;/h3-4,7,9,11H,5-6,8,10H2,1-2H3,(H,17,18);1H. The molecule has 0 aliphatic carbocycles. The molecule has 2 aromatic heterocycles. The summed E-state index contributed by atoms with van der Waals surface area (Å²) in [5.74, 6) is 1.49. The molecule has 126 valence electrons. The molecule has 2 aromatic rings. The second-order valence-corrected chi connectivity index (χ2v) is 7.29. The molecule has 3 rings (SSSR count). The number of halogens is 2. The van der Waals surface area contributed by atoms with Gasteiger partial charge in [0.2, 0.25) is 0 Å². The summed E-state index contributed by atoms with van der Waals surface area (Å²) in [5.41, 5.74) is 1.31. The van der Waals surface area contributed by atoms with E-state index in [1.807, 2.05) is 31.0 Å². The van der Waals surface area contributed by atoms with E-state index < -0.39 is 0 Å². The lowest BCUT2D eigenvalue weighted by Gasteiger charge is -2.21. The van der Waals surface area contributed by atoms with Gasteiger partial charge in [0.25, 0.3) is 0 Å². The Hall–Kier alpha value is -0.800. The molecule has 0 aromatic carbocycles. The summed E-state index contributed by atoms with van der Waals surface area (Å²) >= 11 is 7.57. The molecule has 0 amide bonds. The highest BCUT2D eigenvalue weighted by molar-refractivity contribution is 14.0. The van der Waals surface area contributed by atoms with Crippen molar-refractivity contribution in [3.8, 4) is 0 Å². The van der Waals surface area contributed by atoms with Crippen molar-refractivity contribution in [2.45, 2.75) is 18.9 Å². The van der Waals surface area contributed by atoms with E-state index in [0.29, 0.717) is 5.92 Å². The van der Waals surface area contributed by atoms with Crippen LogP contribution in [0, 0.1) is 0 Å². The van der Waals surface area contributed by atoms with Crippen molar-refractivity contribution in [2.75, 3.05) is 20.1 Å². The molecule has 5 nitrogen and oxygen atoms in total. The topological polar surface area (TPSA) is 45.5 Å². The molecule has 1 unspecified atom stereocenters. The molecule has 0 saturated carbocycles. The molecule has 0 bridgehead atoms. The SMILES string of the molecule is CN=C(NCc1ccc(Cl)s1)N1CCC(c2cnn(C)c2)C1.I. The van der Waals surface area contributed by atoms with E-state index in [1.165, 1.54) is 10.4 Å². The molecule has 0 spiro atoms. The predicted molar refractivity (Wildman–Crippen MR) is 107 cm³/mol. The average molecular weight is 466 g/mol. The number of nitrogens with zero attached hydrogens (tertiary/aromatic N) is 4. The molecular formula is C15H21ClIN5S. The van der Waals surface area contributed by atoms with Crippen LogP contribution in [0.15, 0.2) is 29.5 Å². The van der Waals surface area contributed by atoms with Crippen LogP contribution in [0.4, 0.5) is 0 Å². The van der Waals surface area contributed by atoms with Crippen LogP contribution in [0.25, 0.3) is 0 Å². The third-order valence-electron chi connectivity index (χ3n) is 3.95. The second kappa shape index (κ2) is 8.34.